The van der Waals surface area contributed by atoms with Crippen molar-refractivity contribution in [1.82, 2.24) is 30.0 Å². The van der Waals surface area contributed by atoms with E-state index < -0.39 is 0 Å². The van der Waals surface area contributed by atoms with Gasteiger partial charge in [0.05, 0.1) is 28.7 Å². The molecule has 7 nitrogen and oxygen atoms in total. The van der Waals surface area contributed by atoms with Crippen LogP contribution in [0.25, 0.3) is 5.69 Å². The number of thioether (sulfide) groups is 1. The van der Waals surface area contributed by atoms with Crippen LogP contribution in [0.2, 0.25) is 0 Å². The molecule has 0 N–H and O–H groups in total. The summed E-state index contributed by atoms with van der Waals surface area (Å²) in [6, 6.07) is 12.6. The molecule has 0 atom stereocenters. The van der Waals surface area contributed by atoms with E-state index in [2.05, 4.69) is 26.7 Å². The third-order valence-electron chi connectivity index (χ3n) is 4.74. The number of nitrogens with zero attached hydrogens (tertiary/aromatic N) is 7. The fraction of sp³-hybridized carbons (Fsp3) is 0.389. The summed E-state index contributed by atoms with van der Waals surface area (Å²) in [4.78, 5) is 0. The SMILES string of the molecule is Cc1nn(-c2ccccc2)c(CSc2nnnn2C2CCCC2)c1C#N. The molecule has 0 aliphatic heterocycles. The van der Waals surface area contributed by atoms with Crippen LogP contribution in [-0.4, -0.2) is 30.0 Å². The maximum Gasteiger partial charge on any atom is 0.209 e. The molecule has 1 aromatic carbocycles. The van der Waals surface area contributed by atoms with E-state index in [1.165, 1.54) is 12.8 Å². The second kappa shape index (κ2) is 7.30. The predicted molar refractivity (Wildman–Crippen MR) is 97.9 cm³/mol. The molecule has 0 spiro atoms. The Kier molecular flexibility index (Phi) is 4.71. The van der Waals surface area contributed by atoms with E-state index in [0.29, 0.717) is 17.4 Å². The van der Waals surface area contributed by atoms with Gasteiger partial charge >= 0.3 is 0 Å². The van der Waals surface area contributed by atoms with E-state index in [0.717, 1.165) is 35.1 Å². The average molecular weight is 365 g/mol. The van der Waals surface area contributed by atoms with Crippen LogP contribution in [-0.2, 0) is 5.75 Å². The largest absolute Gasteiger partial charge is 0.235 e. The predicted octanol–water partition coefficient (Wildman–Crippen LogP) is 3.45. The van der Waals surface area contributed by atoms with Gasteiger partial charge in [-0.15, -0.1) is 5.10 Å². The highest BCUT2D eigenvalue weighted by molar-refractivity contribution is 7.98. The standard InChI is InChI=1S/C18H19N7S/c1-13-16(11-19)17(24(21-13)14-7-3-2-4-8-14)12-26-18-20-22-23-25(18)15-9-5-6-10-15/h2-4,7-8,15H,5-6,9-10,12H2,1H3. The first-order valence-electron chi connectivity index (χ1n) is 8.72. The molecule has 2 aromatic heterocycles. The number of tetrazole rings is 1. The van der Waals surface area contributed by atoms with Crippen LogP contribution < -0.4 is 0 Å². The van der Waals surface area contributed by atoms with Gasteiger partial charge in [-0.2, -0.15) is 10.4 Å². The van der Waals surface area contributed by atoms with Crippen LogP contribution in [0, 0.1) is 18.3 Å². The molecule has 8 heteroatoms. The van der Waals surface area contributed by atoms with Crippen molar-refractivity contribution in [3.05, 3.63) is 47.3 Å². The Morgan fingerprint density at radius 3 is 2.73 bits per heavy atom. The maximum absolute atomic E-state index is 9.59. The smallest absolute Gasteiger partial charge is 0.209 e. The highest BCUT2D eigenvalue weighted by atomic mass is 32.2. The third-order valence-corrected chi connectivity index (χ3v) is 5.68. The molecule has 0 unspecified atom stereocenters. The number of benzene rings is 1. The molecule has 1 aliphatic carbocycles. The van der Waals surface area contributed by atoms with Crippen LogP contribution in [0.1, 0.15) is 48.7 Å². The second-order valence-corrected chi connectivity index (χ2v) is 7.34. The molecule has 0 amide bonds. The summed E-state index contributed by atoms with van der Waals surface area (Å²) in [5.41, 5.74) is 3.19. The molecule has 0 bridgehead atoms. The zero-order chi connectivity index (χ0) is 17.9. The van der Waals surface area contributed by atoms with Gasteiger partial charge in [0.1, 0.15) is 6.07 Å². The van der Waals surface area contributed by atoms with Crippen LogP contribution in [0.5, 0.6) is 0 Å². The summed E-state index contributed by atoms with van der Waals surface area (Å²) < 4.78 is 3.80. The molecule has 1 saturated carbocycles. The Balaban J connectivity index is 1.63. The number of hydrogen-bond acceptors (Lipinski definition) is 6. The number of para-hydroxylation sites is 1. The molecular formula is C18H19N7S. The van der Waals surface area contributed by atoms with Gasteiger partial charge in [-0.3, -0.25) is 0 Å². The lowest BCUT2D eigenvalue weighted by molar-refractivity contribution is 0.423. The van der Waals surface area contributed by atoms with Gasteiger partial charge in [-0.25, -0.2) is 9.36 Å². The van der Waals surface area contributed by atoms with Gasteiger partial charge in [0.2, 0.25) is 5.16 Å². The Bertz CT molecular complexity index is 932. The number of nitriles is 1. The lowest BCUT2D eigenvalue weighted by Gasteiger charge is -2.11. The van der Waals surface area contributed by atoms with E-state index in [9.17, 15) is 5.26 Å². The lowest BCUT2D eigenvalue weighted by Crippen LogP contribution is -2.09. The summed E-state index contributed by atoms with van der Waals surface area (Å²) in [7, 11) is 0. The van der Waals surface area contributed by atoms with Crippen LogP contribution >= 0.6 is 11.8 Å². The first-order chi connectivity index (χ1) is 12.8. The first-order valence-corrected chi connectivity index (χ1v) is 9.71. The Morgan fingerprint density at radius 2 is 2.00 bits per heavy atom. The highest BCUT2D eigenvalue weighted by Crippen LogP contribution is 2.33. The quantitative estimate of drug-likeness (QED) is 0.644. The molecule has 1 fully saturated rings. The van der Waals surface area contributed by atoms with Crippen LogP contribution in [0.15, 0.2) is 35.5 Å². The van der Waals surface area contributed by atoms with Gasteiger partial charge in [-0.1, -0.05) is 42.8 Å². The molecule has 132 valence electrons. The minimum atomic E-state index is 0.392. The topological polar surface area (TPSA) is 85.2 Å². The summed E-state index contributed by atoms with van der Waals surface area (Å²) in [5, 5.41) is 27.2. The Hall–Kier alpha value is -2.66. The number of rotatable bonds is 5. The fourth-order valence-corrected chi connectivity index (χ4v) is 4.37. The van der Waals surface area contributed by atoms with Crippen molar-refractivity contribution >= 4 is 11.8 Å². The summed E-state index contributed by atoms with van der Waals surface area (Å²) in [5.74, 6) is 0.589. The van der Waals surface area contributed by atoms with Gasteiger partial charge in [0.15, 0.2) is 0 Å². The van der Waals surface area contributed by atoms with Crippen molar-refractivity contribution in [2.75, 3.05) is 0 Å². The van der Waals surface area contributed by atoms with Gasteiger partial charge in [0.25, 0.3) is 0 Å². The number of hydrogen-bond donors (Lipinski definition) is 0. The summed E-state index contributed by atoms with van der Waals surface area (Å²) >= 11 is 1.56. The van der Waals surface area contributed by atoms with Crippen molar-refractivity contribution in [2.24, 2.45) is 0 Å². The van der Waals surface area contributed by atoms with E-state index in [-0.39, 0.29) is 0 Å². The number of aryl methyl sites for hydroxylation is 1. The van der Waals surface area contributed by atoms with Crippen molar-refractivity contribution in [1.29, 1.82) is 5.26 Å². The molecule has 26 heavy (non-hydrogen) atoms. The van der Waals surface area contributed by atoms with Crippen molar-refractivity contribution in [3.8, 4) is 11.8 Å². The molecule has 2 heterocycles. The normalized spacial score (nSPS) is 14.6. The lowest BCUT2D eigenvalue weighted by atomic mass is 10.2. The molecule has 1 aliphatic rings. The Morgan fingerprint density at radius 1 is 1.23 bits per heavy atom. The maximum atomic E-state index is 9.59. The van der Waals surface area contributed by atoms with Crippen molar-refractivity contribution in [2.45, 2.75) is 49.6 Å². The van der Waals surface area contributed by atoms with E-state index >= 15 is 0 Å². The van der Waals surface area contributed by atoms with Crippen LogP contribution in [0.4, 0.5) is 0 Å². The van der Waals surface area contributed by atoms with Crippen LogP contribution in [0.3, 0.4) is 0 Å². The van der Waals surface area contributed by atoms with E-state index in [1.54, 1.807) is 11.8 Å². The molecule has 0 radical (unpaired) electrons. The van der Waals surface area contributed by atoms with Crippen molar-refractivity contribution < 1.29 is 0 Å². The van der Waals surface area contributed by atoms with Crippen molar-refractivity contribution in [3.63, 3.8) is 0 Å². The fourth-order valence-electron chi connectivity index (χ4n) is 3.43. The number of aromatic nitrogens is 6. The Labute approximate surface area is 156 Å². The van der Waals surface area contributed by atoms with E-state index in [4.69, 9.17) is 0 Å². The van der Waals surface area contributed by atoms with Gasteiger partial charge in [-0.05, 0) is 42.3 Å². The summed E-state index contributed by atoms with van der Waals surface area (Å²) in [6.07, 6.45) is 4.71. The zero-order valence-corrected chi connectivity index (χ0v) is 15.4. The minimum absolute atomic E-state index is 0.392. The third kappa shape index (κ3) is 3.10. The molecular weight excluding hydrogens is 346 g/mol. The average Bonchev–Trinajstić information content (AvgIpc) is 3.40. The van der Waals surface area contributed by atoms with E-state index in [1.807, 2.05) is 46.6 Å². The monoisotopic (exact) mass is 365 g/mol. The zero-order valence-electron chi connectivity index (χ0n) is 14.5. The minimum Gasteiger partial charge on any atom is -0.235 e. The molecule has 3 aromatic rings. The molecule has 0 saturated heterocycles. The molecule has 4 rings (SSSR count). The van der Waals surface area contributed by atoms with Gasteiger partial charge in [0, 0.05) is 5.75 Å². The van der Waals surface area contributed by atoms with Gasteiger partial charge < -0.3 is 0 Å². The summed E-state index contributed by atoms with van der Waals surface area (Å²) in [6.45, 7) is 1.87. The highest BCUT2D eigenvalue weighted by Gasteiger charge is 2.23. The second-order valence-electron chi connectivity index (χ2n) is 6.40. The first kappa shape index (κ1) is 16.8.